The number of rotatable bonds is 6. The molecule has 2 aromatic rings. The van der Waals surface area contributed by atoms with Crippen molar-refractivity contribution < 1.29 is 24.2 Å². The lowest BCUT2D eigenvalue weighted by Crippen LogP contribution is -2.51. The van der Waals surface area contributed by atoms with Crippen molar-refractivity contribution >= 4 is 40.6 Å². The molecule has 1 aliphatic heterocycles. The molecule has 27 heavy (non-hydrogen) atoms. The molecule has 3 rings (SSSR count). The van der Waals surface area contributed by atoms with E-state index in [0.29, 0.717) is 15.5 Å². The summed E-state index contributed by atoms with van der Waals surface area (Å²) in [5.41, 5.74) is -1.23. The molecular weight excluding hydrogens is 390 g/mol. The van der Waals surface area contributed by atoms with Gasteiger partial charge in [0, 0.05) is 24.6 Å². The normalized spacial score (nSPS) is 22.0. The van der Waals surface area contributed by atoms with Crippen molar-refractivity contribution in [3.8, 4) is 0 Å². The van der Waals surface area contributed by atoms with Crippen molar-refractivity contribution in [2.24, 2.45) is 5.92 Å². The number of carboxylic acids is 1. The van der Waals surface area contributed by atoms with Crippen LogP contribution in [-0.4, -0.2) is 47.9 Å². The second-order valence-corrected chi connectivity index (χ2v) is 7.74. The molecule has 1 amide bonds. The zero-order valence-electron chi connectivity index (χ0n) is 14.6. The summed E-state index contributed by atoms with van der Waals surface area (Å²) in [4.78, 5) is 39.7. The quantitative estimate of drug-likeness (QED) is 0.744. The van der Waals surface area contributed by atoms with E-state index < -0.39 is 23.3 Å². The molecule has 2 heterocycles. The Morgan fingerprint density at radius 2 is 2.00 bits per heavy atom. The SMILES string of the molecule is COCC(=O)N1CC(C(=O)c2cccs2)CC1(C(=O)O)c1ccc(Cl)cc1. The van der Waals surface area contributed by atoms with Gasteiger partial charge in [0.2, 0.25) is 5.91 Å². The zero-order chi connectivity index (χ0) is 19.6. The maximum absolute atomic E-state index is 12.9. The molecule has 1 fully saturated rings. The lowest BCUT2D eigenvalue weighted by atomic mass is 9.83. The topological polar surface area (TPSA) is 83.9 Å². The van der Waals surface area contributed by atoms with Crippen LogP contribution in [0.5, 0.6) is 0 Å². The Hall–Kier alpha value is -2.22. The number of hydrogen-bond donors (Lipinski definition) is 1. The summed E-state index contributed by atoms with van der Waals surface area (Å²) in [6, 6.07) is 9.80. The Kier molecular flexibility index (Phi) is 5.64. The van der Waals surface area contributed by atoms with Crippen LogP contribution in [-0.2, 0) is 19.9 Å². The number of benzene rings is 1. The van der Waals surface area contributed by atoms with Crippen LogP contribution in [0.4, 0.5) is 0 Å². The summed E-state index contributed by atoms with van der Waals surface area (Å²) in [7, 11) is 1.37. The van der Waals surface area contributed by atoms with Gasteiger partial charge in [-0.25, -0.2) is 4.79 Å². The molecule has 142 valence electrons. The van der Waals surface area contributed by atoms with Gasteiger partial charge in [-0.3, -0.25) is 9.59 Å². The van der Waals surface area contributed by atoms with Crippen molar-refractivity contribution in [3.05, 3.63) is 57.2 Å². The number of ketones is 1. The first-order valence-electron chi connectivity index (χ1n) is 8.26. The number of amides is 1. The first-order valence-corrected chi connectivity index (χ1v) is 9.52. The minimum absolute atomic E-state index is 0.00382. The summed E-state index contributed by atoms with van der Waals surface area (Å²) < 4.78 is 4.92. The Labute approximate surface area is 165 Å². The van der Waals surface area contributed by atoms with E-state index in [1.807, 2.05) is 0 Å². The Balaban J connectivity index is 2.06. The van der Waals surface area contributed by atoms with Crippen LogP contribution in [0.15, 0.2) is 41.8 Å². The highest BCUT2D eigenvalue weighted by molar-refractivity contribution is 7.12. The van der Waals surface area contributed by atoms with E-state index in [1.165, 1.54) is 23.3 Å². The molecule has 1 aliphatic rings. The molecule has 8 heteroatoms. The number of carbonyl (C=O) groups excluding carboxylic acids is 2. The number of methoxy groups -OCH3 is 1. The standard InChI is InChI=1S/C19H18ClNO5S/c1-26-11-16(22)21-10-12(17(23)15-3-2-8-27-15)9-19(21,18(24)25)13-4-6-14(20)7-5-13/h2-8,12H,9-11H2,1H3,(H,24,25). The molecule has 0 spiro atoms. The summed E-state index contributed by atoms with van der Waals surface area (Å²) in [6.07, 6.45) is -0.00382. The summed E-state index contributed by atoms with van der Waals surface area (Å²) in [5, 5.41) is 12.4. The predicted molar refractivity (Wildman–Crippen MR) is 101 cm³/mol. The number of Topliss-reactive ketones (excluding diaryl/α,β-unsaturated/α-hetero) is 1. The minimum Gasteiger partial charge on any atom is -0.479 e. The number of likely N-dealkylation sites (tertiary alicyclic amines) is 1. The van der Waals surface area contributed by atoms with Crippen molar-refractivity contribution in [1.82, 2.24) is 4.90 Å². The molecule has 2 atom stereocenters. The molecule has 1 aromatic carbocycles. The fourth-order valence-electron chi connectivity index (χ4n) is 3.54. The predicted octanol–water partition coefficient (Wildman–Crippen LogP) is 3.06. The second-order valence-electron chi connectivity index (χ2n) is 6.35. The number of hydrogen-bond acceptors (Lipinski definition) is 5. The number of aliphatic carboxylic acids is 1. The number of carbonyl (C=O) groups is 3. The van der Waals surface area contributed by atoms with Crippen LogP contribution in [0, 0.1) is 5.92 Å². The average molecular weight is 408 g/mol. The van der Waals surface area contributed by atoms with E-state index in [1.54, 1.807) is 41.8 Å². The van der Waals surface area contributed by atoms with E-state index in [-0.39, 0.29) is 25.4 Å². The fourth-order valence-corrected chi connectivity index (χ4v) is 4.41. The number of nitrogens with zero attached hydrogens (tertiary/aromatic N) is 1. The Bertz CT molecular complexity index is 851. The van der Waals surface area contributed by atoms with Crippen molar-refractivity contribution in [2.75, 3.05) is 20.3 Å². The van der Waals surface area contributed by atoms with Crippen LogP contribution < -0.4 is 0 Å². The smallest absolute Gasteiger partial charge is 0.334 e. The zero-order valence-corrected chi connectivity index (χ0v) is 16.1. The molecule has 1 saturated heterocycles. The molecule has 0 radical (unpaired) electrons. The third-order valence-electron chi connectivity index (χ3n) is 4.78. The molecule has 0 saturated carbocycles. The average Bonchev–Trinajstić information content (AvgIpc) is 3.31. The van der Waals surface area contributed by atoms with Gasteiger partial charge in [-0.1, -0.05) is 29.8 Å². The first-order chi connectivity index (χ1) is 12.9. The van der Waals surface area contributed by atoms with Gasteiger partial charge in [0.1, 0.15) is 6.61 Å². The first kappa shape index (κ1) is 19.5. The maximum atomic E-state index is 12.9. The largest absolute Gasteiger partial charge is 0.479 e. The molecule has 1 N–H and O–H groups in total. The molecule has 1 aromatic heterocycles. The maximum Gasteiger partial charge on any atom is 0.334 e. The second kappa shape index (κ2) is 7.80. The van der Waals surface area contributed by atoms with E-state index in [9.17, 15) is 19.5 Å². The molecule has 0 aliphatic carbocycles. The van der Waals surface area contributed by atoms with Crippen molar-refractivity contribution in [3.63, 3.8) is 0 Å². The lowest BCUT2D eigenvalue weighted by molar-refractivity contribution is -0.158. The summed E-state index contributed by atoms with van der Waals surface area (Å²) in [5.74, 6) is -2.43. The van der Waals surface area contributed by atoms with Gasteiger partial charge >= 0.3 is 5.97 Å². The molecule has 6 nitrogen and oxygen atoms in total. The van der Waals surface area contributed by atoms with Crippen LogP contribution in [0.25, 0.3) is 0 Å². The van der Waals surface area contributed by atoms with Gasteiger partial charge in [0.25, 0.3) is 0 Å². The van der Waals surface area contributed by atoms with E-state index in [0.717, 1.165) is 0 Å². The van der Waals surface area contributed by atoms with Crippen LogP contribution in [0.2, 0.25) is 5.02 Å². The van der Waals surface area contributed by atoms with Gasteiger partial charge in [-0.2, -0.15) is 0 Å². The summed E-state index contributed by atoms with van der Waals surface area (Å²) >= 11 is 7.24. The minimum atomic E-state index is -1.64. The van der Waals surface area contributed by atoms with Crippen molar-refractivity contribution in [2.45, 2.75) is 12.0 Å². The Morgan fingerprint density at radius 3 is 2.56 bits per heavy atom. The van der Waals surface area contributed by atoms with Gasteiger partial charge in [-0.05, 0) is 35.6 Å². The molecule has 2 unspecified atom stereocenters. The Morgan fingerprint density at radius 1 is 1.30 bits per heavy atom. The van der Waals surface area contributed by atoms with Crippen molar-refractivity contribution in [1.29, 1.82) is 0 Å². The third kappa shape index (κ3) is 3.50. The highest BCUT2D eigenvalue weighted by Crippen LogP contribution is 2.43. The van der Waals surface area contributed by atoms with E-state index in [2.05, 4.69) is 0 Å². The number of halogens is 1. The van der Waals surface area contributed by atoms with Crippen LogP contribution in [0.1, 0.15) is 21.7 Å². The highest BCUT2D eigenvalue weighted by atomic mass is 35.5. The third-order valence-corrected chi connectivity index (χ3v) is 5.92. The van der Waals surface area contributed by atoms with E-state index in [4.69, 9.17) is 16.3 Å². The molecule has 0 bridgehead atoms. The number of carboxylic acid groups (broad SMARTS) is 1. The van der Waals surface area contributed by atoms with Crippen LogP contribution in [0.3, 0.4) is 0 Å². The molecular formula is C19H18ClNO5S. The fraction of sp³-hybridized carbons (Fsp3) is 0.316. The van der Waals surface area contributed by atoms with Gasteiger partial charge < -0.3 is 14.7 Å². The summed E-state index contributed by atoms with van der Waals surface area (Å²) in [6.45, 7) is -0.240. The number of thiophene rings is 1. The van der Waals surface area contributed by atoms with Gasteiger partial charge in [0.05, 0.1) is 4.88 Å². The highest BCUT2D eigenvalue weighted by Gasteiger charge is 2.56. The lowest BCUT2D eigenvalue weighted by Gasteiger charge is -2.35. The van der Waals surface area contributed by atoms with Crippen LogP contribution >= 0.6 is 22.9 Å². The number of ether oxygens (including phenoxy) is 1. The monoisotopic (exact) mass is 407 g/mol. The van der Waals surface area contributed by atoms with Gasteiger partial charge in [0.15, 0.2) is 11.3 Å². The van der Waals surface area contributed by atoms with Gasteiger partial charge in [-0.15, -0.1) is 11.3 Å². The van der Waals surface area contributed by atoms with E-state index >= 15 is 0 Å².